The van der Waals surface area contributed by atoms with Crippen LogP contribution in [0.1, 0.15) is 55.0 Å². The molecule has 19 heavy (non-hydrogen) atoms. The molecule has 2 atom stereocenters. The van der Waals surface area contributed by atoms with Crippen molar-refractivity contribution >= 4 is 11.6 Å². The van der Waals surface area contributed by atoms with Gasteiger partial charge in [-0.1, -0.05) is 13.8 Å². The number of carbonyl (C=O) groups excluding carboxylic acids is 2. The van der Waals surface area contributed by atoms with Crippen LogP contribution in [-0.4, -0.2) is 11.6 Å². The first-order chi connectivity index (χ1) is 8.90. The average molecular weight is 262 g/mol. The van der Waals surface area contributed by atoms with E-state index in [1.54, 1.807) is 13.0 Å². The third-order valence-electron chi connectivity index (χ3n) is 4.25. The summed E-state index contributed by atoms with van der Waals surface area (Å²) in [5, 5.41) is 0. The Morgan fingerprint density at radius 2 is 2.05 bits per heavy atom. The molecule has 1 aliphatic rings. The van der Waals surface area contributed by atoms with E-state index in [1.165, 1.54) is 0 Å². The second kappa shape index (κ2) is 5.32. The van der Waals surface area contributed by atoms with Gasteiger partial charge in [-0.2, -0.15) is 0 Å². The summed E-state index contributed by atoms with van der Waals surface area (Å²) < 4.78 is 5.40. The standard InChI is InChI=1S/C16H22O3/c1-9(2)12-5-6-15(17)14(8-12)16(18)13-7-10(3)19-11(13)4/h7,9,12,14H,5-6,8H2,1-4H3. The number of hydrogen-bond acceptors (Lipinski definition) is 3. The molecule has 3 heteroatoms. The summed E-state index contributed by atoms with van der Waals surface area (Å²) in [4.78, 5) is 24.6. The third-order valence-corrected chi connectivity index (χ3v) is 4.25. The number of ketones is 2. The molecule has 0 saturated heterocycles. The molecule has 0 spiro atoms. The lowest BCUT2D eigenvalue weighted by molar-refractivity contribution is -0.124. The van der Waals surface area contributed by atoms with Crippen LogP contribution >= 0.6 is 0 Å². The molecule has 2 rings (SSSR count). The molecule has 3 nitrogen and oxygen atoms in total. The van der Waals surface area contributed by atoms with E-state index in [-0.39, 0.29) is 11.6 Å². The van der Waals surface area contributed by atoms with Gasteiger partial charge in [-0.05, 0) is 44.6 Å². The van der Waals surface area contributed by atoms with Crippen molar-refractivity contribution in [2.75, 3.05) is 0 Å². The van der Waals surface area contributed by atoms with Crippen LogP contribution in [-0.2, 0) is 4.79 Å². The SMILES string of the molecule is Cc1cc(C(=O)C2CC(C(C)C)CCC2=O)c(C)o1. The number of carbonyl (C=O) groups is 2. The smallest absolute Gasteiger partial charge is 0.176 e. The molecule has 0 aromatic carbocycles. The van der Waals surface area contributed by atoms with Crippen molar-refractivity contribution in [1.82, 2.24) is 0 Å². The van der Waals surface area contributed by atoms with Crippen molar-refractivity contribution in [3.05, 3.63) is 23.2 Å². The first-order valence-corrected chi connectivity index (χ1v) is 7.04. The molecular formula is C16H22O3. The fraction of sp³-hybridized carbons (Fsp3) is 0.625. The number of aryl methyl sites for hydroxylation is 2. The molecular weight excluding hydrogens is 240 g/mol. The van der Waals surface area contributed by atoms with Crippen molar-refractivity contribution in [3.63, 3.8) is 0 Å². The fourth-order valence-corrected chi connectivity index (χ4v) is 2.98. The predicted molar refractivity (Wildman–Crippen MR) is 73.2 cm³/mol. The molecule has 1 aliphatic carbocycles. The lowest BCUT2D eigenvalue weighted by atomic mass is 9.73. The van der Waals surface area contributed by atoms with Crippen LogP contribution in [0, 0.1) is 31.6 Å². The van der Waals surface area contributed by atoms with Gasteiger partial charge in [0, 0.05) is 6.42 Å². The van der Waals surface area contributed by atoms with E-state index in [0.29, 0.717) is 36.0 Å². The summed E-state index contributed by atoms with van der Waals surface area (Å²) in [7, 11) is 0. The van der Waals surface area contributed by atoms with E-state index in [1.807, 2.05) is 6.92 Å². The van der Waals surface area contributed by atoms with Crippen LogP contribution in [0.2, 0.25) is 0 Å². The third kappa shape index (κ3) is 2.80. The maximum atomic E-state index is 12.5. The Labute approximate surface area is 114 Å². The number of Topliss-reactive ketones (excluding diaryl/α,β-unsaturated/α-hetero) is 2. The maximum Gasteiger partial charge on any atom is 0.176 e. The monoisotopic (exact) mass is 262 g/mol. The molecule has 0 radical (unpaired) electrons. The summed E-state index contributed by atoms with van der Waals surface area (Å²) in [6.07, 6.45) is 2.15. The van der Waals surface area contributed by atoms with E-state index in [2.05, 4.69) is 13.8 Å². The lowest BCUT2D eigenvalue weighted by Gasteiger charge is -2.29. The minimum absolute atomic E-state index is 0.0512. The minimum Gasteiger partial charge on any atom is -0.466 e. The molecule has 0 bridgehead atoms. The first-order valence-electron chi connectivity index (χ1n) is 7.04. The van der Waals surface area contributed by atoms with E-state index < -0.39 is 5.92 Å². The number of rotatable bonds is 3. The van der Waals surface area contributed by atoms with Crippen LogP contribution < -0.4 is 0 Å². The van der Waals surface area contributed by atoms with Gasteiger partial charge in [0.25, 0.3) is 0 Å². The summed E-state index contributed by atoms with van der Waals surface area (Å²) in [5.41, 5.74) is 0.584. The van der Waals surface area contributed by atoms with Crippen LogP contribution in [0.25, 0.3) is 0 Å². The molecule has 1 heterocycles. The molecule has 1 aromatic heterocycles. The Morgan fingerprint density at radius 3 is 2.58 bits per heavy atom. The second-order valence-electron chi connectivity index (χ2n) is 5.99. The summed E-state index contributed by atoms with van der Waals surface area (Å²) >= 11 is 0. The van der Waals surface area contributed by atoms with Crippen molar-refractivity contribution in [3.8, 4) is 0 Å². The molecule has 1 saturated carbocycles. The van der Waals surface area contributed by atoms with Gasteiger partial charge in [0.1, 0.15) is 17.3 Å². The Balaban J connectivity index is 2.21. The van der Waals surface area contributed by atoms with Gasteiger partial charge in [0.15, 0.2) is 5.78 Å². The highest BCUT2D eigenvalue weighted by Crippen LogP contribution is 2.34. The van der Waals surface area contributed by atoms with Gasteiger partial charge < -0.3 is 4.42 Å². The highest BCUT2D eigenvalue weighted by atomic mass is 16.3. The van der Waals surface area contributed by atoms with Crippen LogP contribution in [0.15, 0.2) is 10.5 Å². The van der Waals surface area contributed by atoms with E-state index in [0.717, 1.165) is 12.2 Å². The molecule has 0 aliphatic heterocycles. The maximum absolute atomic E-state index is 12.5. The Kier molecular flexibility index (Phi) is 3.93. The lowest BCUT2D eigenvalue weighted by Crippen LogP contribution is -2.33. The average Bonchev–Trinajstić information content (AvgIpc) is 2.68. The van der Waals surface area contributed by atoms with Crippen molar-refractivity contribution in [1.29, 1.82) is 0 Å². The zero-order valence-electron chi connectivity index (χ0n) is 12.2. The van der Waals surface area contributed by atoms with Crippen LogP contribution in [0.5, 0.6) is 0 Å². The quantitative estimate of drug-likeness (QED) is 0.616. The minimum atomic E-state index is -0.461. The number of furan rings is 1. The van der Waals surface area contributed by atoms with E-state index in [4.69, 9.17) is 4.42 Å². The predicted octanol–water partition coefficient (Wildman–Crippen LogP) is 3.72. The molecule has 0 amide bonds. The molecule has 1 fully saturated rings. The van der Waals surface area contributed by atoms with Gasteiger partial charge >= 0.3 is 0 Å². The molecule has 2 unspecified atom stereocenters. The molecule has 0 N–H and O–H groups in total. The Hall–Kier alpha value is -1.38. The van der Waals surface area contributed by atoms with Gasteiger partial charge in [0.2, 0.25) is 0 Å². The molecule has 1 aromatic rings. The zero-order chi connectivity index (χ0) is 14.2. The van der Waals surface area contributed by atoms with E-state index >= 15 is 0 Å². The zero-order valence-corrected chi connectivity index (χ0v) is 12.2. The van der Waals surface area contributed by atoms with Gasteiger partial charge in [-0.25, -0.2) is 0 Å². The summed E-state index contributed by atoms with van der Waals surface area (Å²) in [5.74, 6) is 1.93. The normalized spacial score (nSPS) is 23.9. The Morgan fingerprint density at radius 1 is 1.37 bits per heavy atom. The van der Waals surface area contributed by atoms with Gasteiger partial charge in [-0.3, -0.25) is 9.59 Å². The van der Waals surface area contributed by atoms with Crippen LogP contribution in [0.3, 0.4) is 0 Å². The highest BCUT2D eigenvalue weighted by molar-refractivity contribution is 6.11. The van der Waals surface area contributed by atoms with Crippen LogP contribution in [0.4, 0.5) is 0 Å². The van der Waals surface area contributed by atoms with Crippen molar-refractivity contribution < 1.29 is 14.0 Å². The topological polar surface area (TPSA) is 47.3 Å². The highest BCUT2D eigenvalue weighted by Gasteiger charge is 2.36. The Bertz CT molecular complexity index is 496. The number of hydrogen-bond donors (Lipinski definition) is 0. The summed E-state index contributed by atoms with van der Waals surface area (Å²) in [6, 6.07) is 1.75. The largest absolute Gasteiger partial charge is 0.466 e. The molecule has 104 valence electrons. The second-order valence-corrected chi connectivity index (χ2v) is 5.99. The first kappa shape index (κ1) is 14.0. The van der Waals surface area contributed by atoms with Crippen molar-refractivity contribution in [2.45, 2.75) is 47.0 Å². The van der Waals surface area contributed by atoms with Gasteiger partial charge in [-0.15, -0.1) is 0 Å². The fourth-order valence-electron chi connectivity index (χ4n) is 2.98. The van der Waals surface area contributed by atoms with Gasteiger partial charge in [0.05, 0.1) is 11.5 Å². The van der Waals surface area contributed by atoms with Crippen molar-refractivity contribution in [2.24, 2.45) is 17.8 Å². The summed E-state index contributed by atoms with van der Waals surface area (Å²) in [6.45, 7) is 7.93. The van der Waals surface area contributed by atoms with E-state index in [9.17, 15) is 9.59 Å².